The quantitative estimate of drug-likeness (QED) is 0.633. The Bertz CT molecular complexity index is 678. The van der Waals surface area contributed by atoms with Crippen LogP contribution in [-0.2, 0) is 0 Å². The van der Waals surface area contributed by atoms with E-state index in [0.29, 0.717) is 5.75 Å². The van der Waals surface area contributed by atoms with Crippen LogP contribution in [0.4, 0.5) is 11.4 Å². The van der Waals surface area contributed by atoms with E-state index in [4.69, 9.17) is 16.3 Å². The Morgan fingerprint density at radius 3 is 2.68 bits per heavy atom. The van der Waals surface area contributed by atoms with E-state index in [0.717, 1.165) is 19.5 Å². The average molecular weight is 319 g/mol. The maximum absolute atomic E-state index is 10.7. The minimum absolute atomic E-state index is 0.0270. The summed E-state index contributed by atoms with van der Waals surface area (Å²) in [6.45, 7) is 1.69. The van der Waals surface area contributed by atoms with Gasteiger partial charge in [0.05, 0.1) is 16.5 Å². The van der Waals surface area contributed by atoms with Crippen molar-refractivity contribution in [2.45, 2.75) is 12.5 Å². The van der Waals surface area contributed by atoms with Crippen molar-refractivity contribution in [1.29, 1.82) is 0 Å². The van der Waals surface area contributed by atoms with Crippen LogP contribution in [0.25, 0.3) is 0 Å². The van der Waals surface area contributed by atoms with Crippen LogP contribution in [-0.4, -0.2) is 24.1 Å². The zero-order valence-corrected chi connectivity index (χ0v) is 12.6. The van der Waals surface area contributed by atoms with E-state index in [1.807, 2.05) is 18.2 Å². The second kappa shape index (κ2) is 6.23. The summed E-state index contributed by atoms with van der Waals surface area (Å²) < 4.78 is 5.90. The highest BCUT2D eigenvalue weighted by Crippen LogP contribution is 2.31. The molecule has 114 valence electrons. The number of para-hydroxylation sites is 1. The van der Waals surface area contributed by atoms with Gasteiger partial charge in [0, 0.05) is 30.8 Å². The van der Waals surface area contributed by atoms with Gasteiger partial charge in [-0.2, -0.15) is 0 Å². The molecule has 1 fully saturated rings. The molecule has 1 saturated heterocycles. The van der Waals surface area contributed by atoms with Crippen molar-refractivity contribution in [3.8, 4) is 5.75 Å². The first-order valence-electron chi connectivity index (χ1n) is 7.04. The van der Waals surface area contributed by atoms with E-state index in [-0.39, 0.29) is 16.8 Å². The molecule has 0 bridgehead atoms. The summed E-state index contributed by atoms with van der Waals surface area (Å²) in [6, 6.07) is 14.4. The highest BCUT2D eigenvalue weighted by Gasteiger charge is 2.25. The molecule has 0 saturated carbocycles. The number of ether oxygens (including phenoxy) is 1. The topological polar surface area (TPSA) is 55.6 Å². The minimum atomic E-state index is -0.470. The lowest BCUT2D eigenvalue weighted by Crippen LogP contribution is -2.24. The van der Waals surface area contributed by atoms with Gasteiger partial charge in [-0.15, -0.1) is 0 Å². The number of nitrogens with zero attached hydrogens (tertiary/aromatic N) is 2. The number of non-ortho nitro benzene ring substituents is 1. The molecule has 0 N–H and O–H groups in total. The van der Waals surface area contributed by atoms with Crippen molar-refractivity contribution < 1.29 is 9.66 Å². The van der Waals surface area contributed by atoms with Crippen molar-refractivity contribution in [2.24, 2.45) is 0 Å². The number of hydrogen-bond donors (Lipinski definition) is 0. The van der Waals surface area contributed by atoms with Gasteiger partial charge in [-0.05, 0) is 18.2 Å². The zero-order chi connectivity index (χ0) is 15.5. The Labute approximate surface area is 133 Å². The first-order chi connectivity index (χ1) is 10.6. The summed E-state index contributed by atoms with van der Waals surface area (Å²) in [4.78, 5) is 12.5. The fourth-order valence-corrected chi connectivity index (χ4v) is 2.80. The molecule has 5 nitrogen and oxygen atoms in total. The number of rotatable bonds is 4. The number of nitro benzene ring substituents is 1. The van der Waals surface area contributed by atoms with Gasteiger partial charge in [-0.3, -0.25) is 10.1 Å². The van der Waals surface area contributed by atoms with Crippen LogP contribution in [0, 0.1) is 10.1 Å². The summed E-state index contributed by atoms with van der Waals surface area (Å²) in [5.41, 5.74) is 1.14. The van der Waals surface area contributed by atoms with E-state index in [9.17, 15) is 10.1 Å². The summed E-state index contributed by atoms with van der Waals surface area (Å²) in [6.07, 6.45) is 0.918. The Morgan fingerprint density at radius 2 is 2.00 bits per heavy atom. The van der Waals surface area contributed by atoms with Gasteiger partial charge in [-0.1, -0.05) is 29.8 Å². The third-order valence-electron chi connectivity index (χ3n) is 3.69. The van der Waals surface area contributed by atoms with Crippen LogP contribution in [0.15, 0.2) is 48.5 Å². The molecule has 1 aliphatic rings. The molecule has 0 amide bonds. The third-order valence-corrected chi connectivity index (χ3v) is 3.98. The molecule has 1 heterocycles. The zero-order valence-electron chi connectivity index (χ0n) is 11.8. The Hall–Kier alpha value is -2.27. The van der Waals surface area contributed by atoms with E-state index in [1.165, 1.54) is 17.8 Å². The van der Waals surface area contributed by atoms with E-state index < -0.39 is 4.92 Å². The molecule has 22 heavy (non-hydrogen) atoms. The number of nitro groups is 1. The lowest BCUT2D eigenvalue weighted by molar-refractivity contribution is -0.384. The minimum Gasteiger partial charge on any atom is -0.487 e. The molecule has 6 heteroatoms. The van der Waals surface area contributed by atoms with Gasteiger partial charge in [0.25, 0.3) is 5.69 Å². The van der Waals surface area contributed by atoms with E-state index in [1.54, 1.807) is 6.07 Å². The second-order valence-electron chi connectivity index (χ2n) is 5.18. The molecular weight excluding hydrogens is 304 g/mol. The number of benzene rings is 2. The van der Waals surface area contributed by atoms with Crippen molar-refractivity contribution in [2.75, 3.05) is 18.0 Å². The van der Waals surface area contributed by atoms with Gasteiger partial charge < -0.3 is 9.64 Å². The van der Waals surface area contributed by atoms with Crippen LogP contribution in [0.1, 0.15) is 6.42 Å². The molecule has 1 atom stereocenters. The average Bonchev–Trinajstić information content (AvgIpc) is 2.98. The van der Waals surface area contributed by atoms with Gasteiger partial charge in [0.15, 0.2) is 0 Å². The number of hydrogen-bond acceptors (Lipinski definition) is 4. The Balaban J connectivity index is 1.66. The van der Waals surface area contributed by atoms with E-state index >= 15 is 0 Å². The fourth-order valence-electron chi connectivity index (χ4n) is 2.58. The van der Waals surface area contributed by atoms with Gasteiger partial charge in [-0.25, -0.2) is 0 Å². The van der Waals surface area contributed by atoms with Crippen molar-refractivity contribution in [3.05, 3.63) is 63.7 Å². The first kappa shape index (κ1) is 14.7. The first-order valence-corrected chi connectivity index (χ1v) is 7.42. The maximum atomic E-state index is 10.7. The van der Waals surface area contributed by atoms with Crippen LogP contribution in [0.2, 0.25) is 5.02 Å². The molecule has 0 radical (unpaired) electrons. The number of anilines is 1. The fraction of sp³-hybridized carbons (Fsp3) is 0.250. The number of halogens is 1. The molecule has 3 rings (SSSR count). The summed E-state index contributed by atoms with van der Waals surface area (Å²) in [7, 11) is 0. The molecule has 2 aromatic rings. The van der Waals surface area contributed by atoms with Crippen LogP contribution in [0.3, 0.4) is 0 Å². The van der Waals surface area contributed by atoms with Crippen LogP contribution in [0.5, 0.6) is 5.75 Å². The molecule has 2 aromatic carbocycles. The Morgan fingerprint density at radius 1 is 1.23 bits per heavy atom. The predicted octanol–water partition coefficient (Wildman–Crippen LogP) is 3.91. The highest BCUT2D eigenvalue weighted by molar-refractivity contribution is 6.32. The smallest absolute Gasteiger partial charge is 0.271 e. The molecule has 0 aromatic heterocycles. The van der Waals surface area contributed by atoms with Crippen molar-refractivity contribution in [1.82, 2.24) is 0 Å². The largest absolute Gasteiger partial charge is 0.487 e. The van der Waals surface area contributed by atoms with Gasteiger partial charge in [0.1, 0.15) is 11.9 Å². The van der Waals surface area contributed by atoms with E-state index in [2.05, 4.69) is 17.0 Å². The normalized spacial score (nSPS) is 17.5. The lowest BCUT2D eigenvalue weighted by Gasteiger charge is -2.19. The third kappa shape index (κ3) is 3.14. The molecule has 0 unspecified atom stereocenters. The molecule has 1 aliphatic heterocycles. The summed E-state index contributed by atoms with van der Waals surface area (Å²) in [5.74, 6) is 0.493. The molecule has 0 spiro atoms. The van der Waals surface area contributed by atoms with Gasteiger partial charge >= 0.3 is 0 Å². The van der Waals surface area contributed by atoms with Crippen LogP contribution >= 0.6 is 11.6 Å². The summed E-state index contributed by atoms with van der Waals surface area (Å²) in [5, 5.41) is 11.0. The highest BCUT2D eigenvalue weighted by atomic mass is 35.5. The standard InChI is InChI=1S/C16H15ClN2O3/c17-15-10-13(19(20)21)6-7-16(15)22-14-8-9-18(11-14)12-4-2-1-3-5-12/h1-7,10,14H,8-9,11H2/t14-/m0/s1. The second-order valence-corrected chi connectivity index (χ2v) is 5.59. The maximum Gasteiger partial charge on any atom is 0.271 e. The van der Waals surface area contributed by atoms with Gasteiger partial charge in [0.2, 0.25) is 0 Å². The predicted molar refractivity (Wildman–Crippen MR) is 85.8 cm³/mol. The van der Waals surface area contributed by atoms with Crippen molar-refractivity contribution >= 4 is 23.0 Å². The van der Waals surface area contributed by atoms with Crippen molar-refractivity contribution in [3.63, 3.8) is 0 Å². The van der Waals surface area contributed by atoms with Crippen LogP contribution < -0.4 is 9.64 Å². The Kier molecular flexibility index (Phi) is 4.15. The lowest BCUT2D eigenvalue weighted by atomic mass is 10.3. The monoisotopic (exact) mass is 318 g/mol. The molecular formula is C16H15ClN2O3. The molecule has 0 aliphatic carbocycles. The SMILES string of the molecule is O=[N+]([O-])c1ccc(O[C@H]2CCN(c3ccccc3)C2)c(Cl)c1. The summed E-state index contributed by atoms with van der Waals surface area (Å²) >= 11 is 6.06.